The van der Waals surface area contributed by atoms with E-state index < -0.39 is 0 Å². The van der Waals surface area contributed by atoms with E-state index in [1.54, 1.807) is 14.2 Å². The second-order valence-electron chi connectivity index (χ2n) is 4.02. The number of methoxy groups -OCH3 is 2. The third-order valence-electron chi connectivity index (χ3n) is 2.69. The van der Waals surface area contributed by atoms with E-state index in [2.05, 4.69) is 25.6 Å². The summed E-state index contributed by atoms with van der Waals surface area (Å²) in [6.07, 6.45) is 3.31. The van der Waals surface area contributed by atoms with Crippen molar-refractivity contribution in [3.05, 3.63) is 0 Å². The highest BCUT2D eigenvalue weighted by atomic mass is 32.2. The Labute approximate surface area is 124 Å². The van der Waals surface area contributed by atoms with Gasteiger partial charge in [-0.3, -0.25) is 0 Å². The van der Waals surface area contributed by atoms with E-state index in [1.165, 1.54) is 11.8 Å². The van der Waals surface area contributed by atoms with E-state index in [0.29, 0.717) is 17.1 Å². The van der Waals surface area contributed by atoms with Gasteiger partial charge in [0.15, 0.2) is 5.16 Å². The standard InChI is InChI=1S/C12H23N5O2S/c1-6-8(18-3)13-10-15-11(14-9(7-2)19-4)17-12(16-10)20-5/h8-9H,6-7H2,1-5H3,(H2,13,14,15,16,17). The molecule has 0 aliphatic heterocycles. The van der Waals surface area contributed by atoms with Crippen molar-refractivity contribution in [2.24, 2.45) is 0 Å². The first kappa shape index (κ1) is 16.9. The Bertz CT molecular complexity index is 367. The number of nitrogens with one attached hydrogen (secondary N) is 2. The molecule has 0 saturated heterocycles. The zero-order valence-electron chi connectivity index (χ0n) is 12.6. The largest absolute Gasteiger partial charge is 0.362 e. The predicted molar refractivity (Wildman–Crippen MR) is 81.0 cm³/mol. The van der Waals surface area contributed by atoms with E-state index in [0.717, 1.165) is 12.8 Å². The Balaban J connectivity index is 2.89. The molecule has 0 spiro atoms. The van der Waals surface area contributed by atoms with Crippen LogP contribution in [0.2, 0.25) is 0 Å². The monoisotopic (exact) mass is 301 g/mol. The minimum Gasteiger partial charge on any atom is -0.362 e. The average Bonchev–Trinajstić information content (AvgIpc) is 2.49. The highest BCUT2D eigenvalue weighted by Gasteiger charge is 2.12. The summed E-state index contributed by atoms with van der Waals surface area (Å²) in [4.78, 5) is 13.0. The van der Waals surface area contributed by atoms with Gasteiger partial charge in [-0.1, -0.05) is 25.6 Å². The van der Waals surface area contributed by atoms with Crippen molar-refractivity contribution in [3.63, 3.8) is 0 Å². The maximum Gasteiger partial charge on any atom is 0.230 e. The van der Waals surface area contributed by atoms with Crippen molar-refractivity contribution in [3.8, 4) is 0 Å². The normalized spacial score (nSPS) is 13.8. The molecule has 7 nitrogen and oxygen atoms in total. The molecule has 0 aliphatic carbocycles. The molecular weight excluding hydrogens is 278 g/mol. The lowest BCUT2D eigenvalue weighted by Crippen LogP contribution is -2.25. The van der Waals surface area contributed by atoms with Crippen LogP contribution in [0, 0.1) is 0 Å². The minimum atomic E-state index is -0.121. The van der Waals surface area contributed by atoms with Crippen LogP contribution in [0.1, 0.15) is 26.7 Å². The molecule has 2 atom stereocenters. The van der Waals surface area contributed by atoms with Crippen LogP contribution in [0.15, 0.2) is 5.16 Å². The first-order chi connectivity index (χ1) is 9.66. The van der Waals surface area contributed by atoms with Crippen LogP contribution in [-0.4, -0.2) is 47.9 Å². The maximum absolute atomic E-state index is 5.28. The lowest BCUT2D eigenvalue weighted by atomic mass is 10.4. The molecule has 0 amide bonds. The fourth-order valence-electron chi connectivity index (χ4n) is 1.52. The first-order valence-electron chi connectivity index (χ1n) is 6.55. The number of thioether (sulfide) groups is 1. The van der Waals surface area contributed by atoms with Crippen LogP contribution in [0.5, 0.6) is 0 Å². The van der Waals surface area contributed by atoms with Crippen molar-refractivity contribution >= 4 is 23.7 Å². The maximum atomic E-state index is 5.28. The molecule has 0 bridgehead atoms. The number of ether oxygens (including phenoxy) is 2. The SMILES string of the molecule is CCC(Nc1nc(NC(CC)OC)nc(SC)n1)OC. The molecule has 2 N–H and O–H groups in total. The number of aromatic nitrogens is 3. The third kappa shape index (κ3) is 5.10. The molecule has 0 aromatic carbocycles. The number of nitrogens with zero attached hydrogens (tertiary/aromatic N) is 3. The Morgan fingerprint density at radius 3 is 1.70 bits per heavy atom. The van der Waals surface area contributed by atoms with Crippen molar-refractivity contribution < 1.29 is 9.47 Å². The van der Waals surface area contributed by atoms with Crippen LogP contribution in [0.25, 0.3) is 0 Å². The van der Waals surface area contributed by atoms with Gasteiger partial charge in [-0.15, -0.1) is 0 Å². The Kier molecular flexibility index (Phi) is 7.56. The van der Waals surface area contributed by atoms with Crippen LogP contribution < -0.4 is 10.6 Å². The molecule has 0 radical (unpaired) electrons. The minimum absolute atomic E-state index is 0.121. The quantitative estimate of drug-likeness (QED) is 0.530. The number of hydrogen-bond acceptors (Lipinski definition) is 8. The fraction of sp³-hybridized carbons (Fsp3) is 0.750. The third-order valence-corrected chi connectivity index (χ3v) is 3.24. The molecule has 0 saturated carbocycles. The molecule has 8 heteroatoms. The summed E-state index contributed by atoms with van der Waals surface area (Å²) in [5.41, 5.74) is 0. The van der Waals surface area contributed by atoms with Crippen LogP contribution >= 0.6 is 11.8 Å². The molecule has 1 aromatic rings. The van der Waals surface area contributed by atoms with Gasteiger partial charge < -0.3 is 20.1 Å². The topological polar surface area (TPSA) is 81.2 Å². The zero-order chi connectivity index (χ0) is 15.0. The Morgan fingerprint density at radius 2 is 1.40 bits per heavy atom. The van der Waals surface area contributed by atoms with Gasteiger partial charge in [0.25, 0.3) is 0 Å². The van der Waals surface area contributed by atoms with Crippen molar-refractivity contribution in [2.75, 3.05) is 31.1 Å². The van der Waals surface area contributed by atoms with E-state index in [-0.39, 0.29) is 12.5 Å². The van der Waals surface area contributed by atoms with Gasteiger partial charge in [0.1, 0.15) is 12.5 Å². The lowest BCUT2D eigenvalue weighted by molar-refractivity contribution is 0.120. The summed E-state index contributed by atoms with van der Waals surface area (Å²) >= 11 is 1.46. The summed E-state index contributed by atoms with van der Waals surface area (Å²) < 4.78 is 10.6. The van der Waals surface area contributed by atoms with Crippen LogP contribution in [0.4, 0.5) is 11.9 Å². The molecule has 0 aliphatic rings. The van der Waals surface area contributed by atoms with Crippen LogP contribution in [-0.2, 0) is 9.47 Å². The number of rotatable bonds is 9. The Hall–Kier alpha value is -1.12. The van der Waals surface area contributed by atoms with Gasteiger partial charge in [-0.2, -0.15) is 15.0 Å². The Morgan fingerprint density at radius 1 is 0.950 bits per heavy atom. The van der Waals surface area contributed by atoms with E-state index >= 15 is 0 Å². The summed E-state index contributed by atoms with van der Waals surface area (Å²) in [6, 6.07) is 0. The second kappa shape index (κ2) is 8.93. The molecule has 0 fully saturated rings. The predicted octanol–water partition coefficient (Wildman–Crippen LogP) is 2.18. The second-order valence-corrected chi connectivity index (χ2v) is 4.80. The summed E-state index contributed by atoms with van der Waals surface area (Å²) in [5.74, 6) is 0.984. The van der Waals surface area contributed by atoms with Crippen molar-refractivity contribution in [1.29, 1.82) is 0 Å². The highest BCUT2D eigenvalue weighted by molar-refractivity contribution is 7.98. The molecule has 114 valence electrons. The molecule has 1 rings (SSSR count). The van der Waals surface area contributed by atoms with Crippen LogP contribution in [0.3, 0.4) is 0 Å². The number of anilines is 2. The number of hydrogen-bond donors (Lipinski definition) is 2. The van der Waals surface area contributed by atoms with Gasteiger partial charge in [-0.05, 0) is 19.1 Å². The lowest BCUT2D eigenvalue weighted by Gasteiger charge is -2.18. The first-order valence-corrected chi connectivity index (χ1v) is 7.77. The van der Waals surface area contributed by atoms with Crippen molar-refractivity contribution in [1.82, 2.24) is 15.0 Å². The van der Waals surface area contributed by atoms with E-state index in [9.17, 15) is 0 Å². The molecule has 20 heavy (non-hydrogen) atoms. The van der Waals surface area contributed by atoms with Crippen molar-refractivity contribution in [2.45, 2.75) is 44.3 Å². The van der Waals surface area contributed by atoms with E-state index in [4.69, 9.17) is 9.47 Å². The van der Waals surface area contributed by atoms with E-state index in [1.807, 2.05) is 20.1 Å². The summed E-state index contributed by atoms with van der Waals surface area (Å²) in [6.45, 7) is 4.05. The highest BCUT2D eigenvalue weighted by Crippen LogP contribution is 2.15. The zero-order valence-corrected chi connectivity index (χ0v) is 13.5. The van der Waals surface area contributed by atoms with Gasteiger partial charge >= 0.3 is 0 Å². The fourth-order valence-corrected chi connectivity index (χ4v) is 1.88. The molecule has 2 unspecified atom stereocenters. The molecule has 1 heterocycles. The van der Waals surface area contributed by atoms with Gasteiger partial charge in [-0.25, -0.2) is 0 Å². The summed E-state index contributed by atoms with van der Waals surface area (Å²) in [7, 11) is 3.30. The smallest absolute Gasteiger partial charge is 0.230 e. The average molecular weight is 301 g/mol. The molecule has 1 aromatic heterocycles. The van der Waals surface area contributed by atoms with Gasteiger partial charge in [0, 0.05) is 14.2 Å². The van der Waals surface area contributed by atoms with Gasteiger partial charge in [0.2, 0.25) is 11.9 Å². The summed E-state index contributed by atoms with van der Waals surface area (Å²) in [5, 5.41) is 6.89. The van der Waals surface area contributed by atoms with Gasteiger partial charge in [0.05, 0.1) is 0 Å². The molecular formula is C12H23N5O2S.